The summed E-state index contributed by atoms with van der Waals surface area (Å²) in [5.41, 5.74) is -0.919. The zero-order chi connectivity index (χ0) is 41.0. The van der Waals surface area contributed by atoms with Crippen LogP contribution >= 0.6 is 0 Å². The molecule has 0 aromatic heterocycles. The minimum absolute atomic E-state index is 0.00693. The van der Waals surface area contributed by atoms with Crippen LogP contribution in [0.1, 0.15) is 135 Å². The van der Waals surface area contributed by atoms with Gasteiger partial charge in [-0.25, -0.2) is 0 Å². The summed E-state index contributed by atoms with van der Waals surface area (Å²) in [5, 5.41) is -0.0658. The van der Waals surface area contributed by atoms with Gasteiger partial charge in [-0.2, -0.15) is 0 Å². The van der Waals surface area contributed by atoms with Crippen LogP contribution in [0.3, 0.4) is 0 Å². The van der Waals surface area contributed by atoms with Crippen molar-refractivity contribution < 1.29 is 23.2 Å². The normalized spacial score (nSPS) is 16.5. The van der Waals surface area contributed by atoms with Gasteiger partial charge in [-0.05, 0) is 6.04 Å². The molecule has 0 rings (SSSR count). The molecule has 0 fully saturated rings. The van der Waals surface area contributed by atoms with Crippen LogP contribution in [0.2, 0.25) is 75.3 Å². The van der Waals surface area contributed by atoms with Gasteiger partial charge in [-0.3, -0.25) is 0 Å². The number of carbonyl (C=O) groups excluding carboxylic acids is 2. The summed E-state index contributed by atoms with van der Waals surface area (Å²) in [4.78, 5) is 28.5. The van der Waals surface area contributed by atoms with Crippen molar-refractivity contribution in [1.82, 2.24) is 0 Å². The van der Waals surface area contributed by atoms with Gasteiger partial charge in [0.1, 0.15) is 0 Å². The van der Waals surface area contributed by atoms with E-state index >= 15 is 4.79 Å². The first-order valence-corrected chi connectivity index (χ1v) is 38.4. The predicted molar refractivity (Wildman–Crippen MR) is 239 cm³/mol. The van der Waals surface area contributed by atoms with Gasteiger partial charge >= 0.3 is 301 Å². The molecule has 0 heterocycles. The average Bonchev–Trinajstić information content (AvgIpc) is 2.99. The summed E-state index contributed by atoms with van der Waals surface area (Å²) in [6, 6.07) is 0.921. The number of ketones is 1. The van der Waals surface area contributed by atoms with Crippen LogP contribution in [0, 0.1) is 17.3 Å². The van der Waals surface area contributed by atoms with Crippen molar-refractivity contribution in [3.05, 3.63) is 10.2 Å². The molecule has 0 aliphatic rings. The summed E-state index contributed by atoms with van der Waals surface area (Å²) in [5.74, 6) is -0.427. The number of hydrogen-bond donors (Lipinski definition) is 0. The summed E-state index contributed by atoms with van der Waals surface area (Å²) in [6.07, 6.45) is 9.48. The Morgan fingerprint density at radius 3 is 1.50 bits per heavy atom. The van der Waals surface area contributed by atoms with Crippen molar-refractivity contribution in [3.8, 4) is 0 Å². The van der Waals surface area contributed by atoms with Crippen molar-refractivity contribution in [2.45, 2.75) is 222 Å². The Hall–Kier alpha value is 0.249. The second kappa shape index (κ2) is 21.7. The standard InChI is InChI=1S/C31H63O5Si3.3C4H9.Sn/c1-19-23(2)27(36-39(17,18)30(7,8)9)24(3)28(33)31(10,11)25(35-38(15,16)29(4,5)6)22-26(32)34-20-21-37(12,13)14;3*1-3-4-2;/h1,19,23-25,27H,20-22H2,2-18H3;3*1,3-4H2,2H3;/t23-,24+,25-,27-;;;;/m0..../s1. The SMILES string of the molecule is CCC[CH2][Sn](/[CH]=C/[C@H](C)[C@H](O[Si](C)(C)C(C)(C)C)[C@@H](C)C(=O)C(C)(C)[C@H](CC(=O)OCC[Si](C)(C)C)O[Si](C)(C)C(C)(C)C)([CH2]CCC)[CH2]CCC. The molecule has 0 N–H and O–H groups in total. The quantitative estimate of drug-likeness (QED) is 0.0675. The molecule has 0 unspecified atom stereocenters. The first kappa shape index (κ1) is 52.2. The van der Waals surface area contributed by atoms with Gasteiger partial charge in [0.15, 0.2) is 0 Å². The van der Waals surface area contributed by atoms with Crippen molar-refractivity contribution >= 4 is 54.8 Å². The fraction of sp³-hybridized carbons (Fsp3) is 0.907. The molecule has 308 valence electrons. The van der Waals surface area contributed by atoms with Crippen LogP contribution in [0.25, 0.3) is 0 Å². The fourth-order valence-electron chi connectivity index (χ4n) is 6.41. The van der Waals surface area contributed by atoms with Gasteiger partial charge in [0.25, 0.3) is 0 Å². The molecule has 0 amide bonds. The third-order valence-corrected chi connectivity index (χ3v) is 37.4. The van der Waals surface area contributed by atoms with E-state index in [0.717, 1.165) is 6.04 Å². The van der Waals surface area contributed by atoms with Gasteiger partial charge in [0.05, 0.1) is 0 Å². The maximum absolute atomic E-state index is 15.1. The van der Waals surface area contributed by atoms with Gasteiger partial charge in [-0.1, -0.05) is 19.6 Å². The number of ether oxygens (including phenoxy) is 1. The number of rotatable bonds is 25. The van der Waals surface area contributed by atoms with E-state index in [0.29, 0.717) is 6.61 Å². The van der Waals surface area contributed by atoms with E-state index < -0.39 is 54.6 Å². The van der Waals surface area contributed by atoms with Crippen LogP contribution in [0.5, 0.6) is 0 Å². The van der Waals surface area contributed by atoms with Gasteiger partial charge in [0.2, 0.25) is 0 Å². The molecule has 5 nitrogen and oxygen atoms in total. The van der Waals surface area contributed by atoms with E-state index in [1.807, 2.05) is 13.8 Å². The topological polar surface area (TPSA) is 61.8 Å². The van der Waals surface area contributed by atoms with Crippen molar-refractivity contribution in [2.75, 3.05) is 6.61 Å². The Labute approximate surface area is 332 Å². The molecule has 0 aromatic carbocycles. The Bertz CT molecular complexity index is 1080. The molecule has 4 atom stereocenters. The van der Waals surface area contributed by atoms with E-state index in [1.165, 1.54) is 51.8 Å². The van der Waals surface area contributed by atoms with Crippen LogP contribution in [-0.4, -0.2) is 73.7 Å². The fourth-order valence-corrected chi connectivity index (χ4v) is 24.7. The van der Waals surface area contributed by atoms with Crippen molar-refractivity contribution in [2.24, 2.45) is 17.3 Å². The molecule has 0 saturated carbocycles. The minimum atomic E-state index is -2.57. The van der Waals surface area contributed by atoms with Gasteiger partial charge in [-0.15, -0.1) is 0 Å². The second-order valence-electron chi connectivity index (χ2n) is 21.2. The number of hydrogen-bond acceptors (Lipinski definition) is 5. The van der Waals surface area contributed by atoms with E-state index in [1.54, 1.807) is 0 Å². The molecule has 0 aromatic rings. The number of carbonyl (C=O) groups is 2. The number of Topliss-reactive ketones (excluding diaryl/α,β-unsaturated/α-hetero) is 1. The molecule has 0 saturated heterocycles. The number of esters is 1. The molecule has 0 aliphatic carbocycles. The Balaban J connectivity index is 7.03. The van der Waals surface area contributed by atoms with E-state index in [4.69, 9.17) is 13.6 Å². The van der Waals surface area contributed by atoms with Crippen LogP contribution < -0.4 is 0 Å². The zero-order valence-corrected chi connectivity index (χ0v) is 44.3. The molecular weight excluding hydrogens is 799 g/mol. The van der Waals surface area contributed by atoms with Crippen LogP contribution in [0.15, 0.2) is 10.2 Å². The van der Waals surface area contributed by atoms with Gasteiger partial charge in [0, 0.05) is 8.07 Å². The van der Waals surface area contributed by atoms with Crippen LogP contribution in [0.4, 0.5) is 0 Å². The van der Waals surface area contributed by atoms with Crippen molar-refractivity contribution in [1.29, 1.82) is 0 Å². The van der Waals surface area contributed by atoms with Gasteiger partial charge < -0.3 is 0 Å². The van der Waals surface area contributed by atoms with Crippen molar-refractivity contribution in [3.63, 3.8) is 0 Å². The third kappa shape index (κ3) is 17.2. The molecule has 0 spiro atoms. The second-order valence-corrected chi connectivity index (χ2v) is 49.4. The first-order chi connectivity index (χ1) is 23.4. The van der Waals surface area contributed by atoms with Crippen LogP contribution in [-0.2, 0) is 23.2 Å². The zero-order valence-electron chi connectivity index (χ0n) is 38.5. The first-order valence-electron chi connectivity index (χ1n) is 21.2. The van der Waals surface area contributed by atoms with E-state index in [9.17, 15) is 4.79 Å². The molecule has 0 bridgehead atoms. The summed E-state index contributed by atoms with van der Waals surface area (Å²) in [6.45, 7) is 45.2. The summed E-state index contributed by atoms with van der Waals surface area (Å²) in [7, 11) is -5.96. The van der Waals surface area contributed by atoms with E-state index in [2.05, 4.69) is 132 Å². The third-order valence-electron chi connectivity index (χ3n) is 12.6. The molecule has 0 aliphatic heterocycles. The Morgan fingerprint density at radius 1 is 0.692 bits per heavy atom. The number of unbranched alkanes of at least 4 members (excludes halogenated alkanes) is 3. The monoisotopic (exact) mass is 891 g/mol. The predicted octanol–water partition coefficient (Wildman–Crippen LogP) is 13.9. The Morgan fingerprint density at radius 2 is 1.12 bits per heavy atom. The molecule has 52 heavy (non-hydrogen) atoms. The maximum atomic E-state index is 15.1. The summed E-state index contributed by atoms with van der Waals surface area (Å²) >= 11 is -2.57. The summed E-state index contributed by atoms with van der Waals surface area (Å²) < 4.78 is 27.2. The van der Waals surface area contributed by atoms with E-state index in [-0.39, 0.29) is 46.2 Å². The molecular formula is C43H90O5Si3Sn. The molecule has 0 radical (unpaired) electrons. The molecule has 9 heteroatoms. The average molecular weight is 890 g/mol. The Kier molecular flexibility index (Phi) is 21.8.